The third-order valence-electron chi connectivity index (χ3n) is 10.7. The number of aliphatic hydroxyl groups is 1. The van der Waals surface area contributed by atoms with Gasteiger partial charge in [0.25, 0.3) is 5.97 Å². The van der Waals surface area contributed by atoms with Crippen molar-refractivity contribution in [2.24, 2.45) is 28.6 Å². The largest absolute Gasteiger partial charge is 0.390 e. The average molecular weight is 505 g/mol. The van der Waals surface area contributed by atoms with Crippen LogP contribution in [0.4, 0.5) is 4.39 Å². The fourth-order valence-electron chi connectivity index (χ4n) is 8.87. The first-order valence-corrected chi connectivity index (χ1v) is 13.7. The smallest absolute Gasteiger partial charge is 0.284 e. The van der Waals surface area contributed by atoms with E-state index >= 15 is 4.39 Å². The molecule has 4 fully saturated rings. The van der Waals surface area contributed by atoms with Gasteiger partial charge in [0.05, 0.1) is 6.10 Å². The van der Waals surface area contributed by atoms with Gasteiger partial charge in [0.15, 0.2) is 17.2 Å². The first-order valence-electron chi connectivity index (χ1n) is 13.7. The number of allylic oxidation sites excluding steroid dienone is 4. The second kappa shape index (κ2) is 8.55. The number of methoxy groups -OCH3 is 1. The molecule has 4 aliphatic carbocycles. The average Bonchev–Trinajstić information content (AvgIpc) is 3.05. The Labute approximate surface area is 213 Å². The van der Waals surface area contributed by atoms with E-state index in [0.29, 0.717) is 25.7 Å². The van der Waals surface area contributed by atoms with Crippen LogP contribution in [0.1, 0.15) is 79.1 Å². The van der Waals surface area contributed by atoms with Crippen LogP contribution >= 0.6 is 0 Å². The number of carbonyl (C=O) groups is 2. The standard InChI is InChI=1S/C29H41FO6/c1-6-7-8-12-27(34-5)35-17-24(33)29(36-27)18(2)14-22-21-10-9-19-15-20(31)11-13-25(19,3)28(21,30)23(32)16-26(22,29)4/h11,13,15,18,21-23,32H,6-10,12,14,16-17H2,1-5H3/t18-,21-,22-,23-,25-,26-,27?,28-,29-/m0/s1. The van der Waals surface area contributed by atoms with Gasteiger partial charge in [0.1, 0.15) is 12.2 Å². The second-order valence-electron chi connectivity index (χ2n) is 12.3. The molecule has 1 aliphatic heterocycles. The van der Waals surface area contributed by atoms with E-state index < -0.39 is 40.1 Å². The maximum absolute atomic E-state index is 17.4. The van der Waals surface area contributed by atoms with E-state index in [1.54, 1.807) is 19.3 Å². The molecule has 5 aliphatic rings. The van der Waals surface area contributed by atoms with Gasteiger partial charge in [-0.05, 0) is 63.0 Å². The third kappa shape index (κ3) is 3.15. The van der Waals surface area contributed by atoms with Gasteiger partial charge in [-0.1, -0.05) is 45.3 Å². The van der Waals surface area contributed by atoms with Crippen LogP contribution in [0.3, 0.4) is 0 Å². The SMILES string of the molecule is CCCCCC1(OC)OCC(=O)[C@@]2(O1)[C@@H](C)C[C@H]1[C@@H]3CCC4=CC(=O)C=C[C@]4(C)[C@@]3(F)[C@@H](O)C[C@@]12C. The van der Waals surface area contributed by atoms with Crippen LogP contribution in [0, 0.1) is 28.6 Å². The zero-order valence-electron chi connectivity index (χ0n) is 22.3. The summed E-state index contributed by atoms with van der Waals surface area (Å²) < 4.78 is 35.9. The molecule has 1 heterocycles. The maximum Gasteiger partial charge on any atom is 0.284 e. The number of hydrogen-bond acceptors (Lipinski definition) is 6. The number of carbonyl (C=O) groups excluding carboxylic acids is 2. The molecular weight excluding hydrogens is 463 g/mol. The number of Topliss-reactive ketones (excluding diaryl/α,β-unsaturated/α-hetero) is 1. The van der Waals surface area contributed by atoms with Gasteiger partial charge >= 0.3 is 0 Å². The molecule has 0 radical (unpaired) electrons. The van der Waals surface area contributed by atoms with Crippen molar-refractivity contribution in [3.63, 3.8) is 0 Å². The Bertz CT molecular complexity index is 1010. The highest BCUT2D eigenvalue weighted by Gasteiger charge is 2.78. The molecule has 5 rings (SSSR count). The van der Waals surface area contributed by atoms with E-state index in [9.17, 15) is 14.7 Å². The van der Waals surface area contributed by atoms with Crippen molar-refractivity contribution < 1.29 is 33.3 Å². The van der Waals surface area contributed by atoms with Crippen molar-refractivity contribution >= 4 is 11.6 Å². The number of fused-ring (bicyclic) bond motifs is 6. The Kier molecular flexibility index (Phi) is 6.23. The minimum Gasteiger partial charge on any atom is -0.390 e. The number of alkyl halides is 1. The number of hydrogen-bond donors (Lipinski definition) is 1. The number of rotatable bonds is 5. The lowest BCUT2D eigenvalue weighted by molar-refractivity contribution is -0.431. The van der Waals surface area contributed by atoms with Crippen LogP contribution in [0.2, 0.25) is 0 Å². The molecule has 200 valence electrons. The predicted molar refractivity (Wildman–Crippen MR) is 132 cm³/mol. The van der Waals surface area contributed by atoms with Crippen molar-refractivity contribution in [1.82, 2.24) is 0 Å². The Morgan fingerprint density at radius 2 is 1.97 bits per heavy atom. The van der Waals surface area contributed by atoms with Gasteiger partial charge in [-0.2, -0.15) is 0 Å². The maximum atomic E-state index is 17.4. The fourth-order valence-corrected chi connectivity index (χ4v) is 8.87. The number of halogens is 1. The van der Waals surface area contributed by atoms with Crippen molar-refractivity contribution in [2.45, 2.75) is 102 Å². The topological polar surface area (TPSA) is 82.1 Å². The highest BCUT2D eigenvalue weighted by molar-refractivity contribution is 6.01. The molecule has 36 heavy (non-hydrogen) atoms. The van der Waals surface area contributed by atoms with E-state index in [0.717, 1.165) is 24.8 Å². The van der Waals surface area contributed by atoms with Crippen LogP contribution in [-0.2, 0) is 23.8 Å². The van der Waals surface area contributed by atoms with Crippen molar-refractivity contribution in [3.8, 4) is 0 Å². The summed E-state index contributed by atoms with van der Waals surface area (Å²) in [6, 6.07) is 0. The Morgan fingerprint density at radius 3 is 2.67 bits per heavy atom. The van der Waals surface area contributed by atoms with Crippen LogP contribution in [0.25, 0.3) is 0 Å². The Hall–Kier alpha value is -1.41. The van der Waals surface area contributed by atoms with Crippen LogP contribution in [0.5, 0.6) is 0 Å². The molecule has 0 amide bonds. The summed E-state index contributed by atoms with van der Waals surface area (Å²) in [5, 5.41) is 11.6. The second-order valence-corrected chi connectivity index (χ2v) is 12.3. The highest BCUT2D eigenvalue weighted by atomic mass is 19.1. The number of aliphatic hydroxyl groups excluding tert-OH is 1. The molecule has 0 aromatic carbocycles. The van der Waals surface area contributed by atoms with E-state index in [1.807, 2.05) is 20.8 Å². The van der Waals surface area contributed by atoms with E-state index in [2.05, 4.69) is 6.92 Å². The number of ether oxygens (including phenoxy) is 3. The molecule has 6 nitrogen and oxygen atoms in total. The number of ketones is 2. The van der Waals surface area contributed by atoms with Gasteiger partial charge in [0.2, 0.25) is 0 Å². The van der Waals surface area contributed by atoms with Crippen LogP contribution in [-0.4, -0.2) is 53.7 Å². The van der Waals surface area contributed by atoms with E-state index in [4.69, 9.17) is 14.2 Å². The minimum absolute atomic E-state index is 0.0974. The number of unbranched alkanes of at least 4 members (excludes halogenated alkanes) is 2. The molecule has 3 saturated carbocycles. The lowest BCUT2D eigenvalue weighted by Crippen LogP contribution is -2.72. The zero-order chi connectivity index (χ0) is 26.1. The van der Waals surface area contributed by atoms with Gasteiger partial charge < -0.3 is 19.3 Å². The predicted octanol–water partition coefficient (Wildman–Crippen LogP) is 4.84. The first kappa shape index (κ1) is 26.2. The molecule has 1 unspecified atom stereocenters. The minimum atomic E-state index is -1.93. The third-order valence-corrected chi connectivity index (χ3v) is 10.7. The Morgan fingerprint density at radius 1 is 1.22 bits per heavy atom. The van der Waals surface area contributed by atoms with Gasteiger partial charge in [0, 0.05) is 30.3 Å². The summed E-state index contributed by atoms with van der Waals surface area (Å²) in [5.41, 5.74) is -4.24. The summed E-state index contributed by atoms with van der Waals surface area (Å²) >= 11 is 0. The van der Waals surface area contributed by atoms with E-state index in [1.165, 1.54) is 6.08 Å². The molecule has 0 aromatic heterocycles. The van der Waals surface area contributed by atoms with Crippen LogP contribution in [0.15, 0.2) is 23.8 Å². The quantitative estimate of drug-likeness (QED) is 0.540. The molecule has 1 spiro atoms. The summed E-state index contributed by atoms with van der Waals surface area (Å²) in [6.45, 7) is 7.83. The van der Waals surface area contributed by atoms with E-state index in [-0.39, 0.29) is 36.4 Å². The lowest BCUT2D eigenvalue weighted by Gasteiger charge is -2.63. The molecule has 1 saturated heterocycles. The Balaban J connectivity index is 1.56. The molecule has 1 N–H and O–H groups in total. The highest BCUT2D eigenvalue weighted by Crippen LogP contribution is 2.72. The summed E-state index contributed by atoms with van der Waals surface area (Å²) in [4.78, 5) is 25.8. The van der Waals surface area contributed by atoms with Crippen molar-refractivity contribution in [2.75, 3.05) is 13.7 Å². The van der Waals surface area contributed by atoms with Gasteiger partial charge in [-0.3, -0.25) is 9.59 Å². The summed E-state index contributed by atoms with van der Waals surface area (Å²) in [6.07, 6.45) is 8.53. The molecular formula is C29H41FO6. The van der Waals surface area contributed by atoms with Gasteiger partial charge in [-0.25, -0.2) is 4.39 Å². The monoisotopic (exact) mass is 504 g/mol. The summed E-state index contributed by atoms with van der Waals surface area (Å²) in [7, 11) is 1.55. The molecule has 7 heteroatoms. The summed E-state index contributed by atoms with van der Waals surface area (Å²) in [5.74, 6) is -2.43. The van der Waals surface area contributed by atoms with Gasteiger partial charge in [-0.15, -0.1) is 0 Å². The first-order chi connectivity index (χ1) is 16.9. The lowest BCUT2D eigenvalue weighted by atomic mass is 9.44. The van der Waals surface area contributed by atoms with Crippen molar-refractivity contribution in [3.05, 3.63) is 23.8 Å². The fraction of sp³-hybridized carbons (Fsp3) is 0.793. The van der Waals surface area contributed by atoms with Crippen LogP contribution < -0.4 is 0 Å². The molecule has 9 atom stereocenters. The zero-order valence-corrected chi connectivity index (χ0v) is 22.3. The van der Waals surface area contributed by atoms with Crippen molar-refractivity contribution in [1.29, 1.82) is 0 Å². The normalized spacial score (nSPS) is 50.0. The molecule has 0 aromatic rings. The molecule has 0 bridgehead atoms.